The molecular weight excluding hydrogens is 240 g/mol. The minimum Gasteiger partial charge on any atom is -0.425 e. The fourth-order valence-electron chi connectivity index (χ4n) is 2.27. The molecule has 2 aliphatic rings. The summed E-state index contributed by atoms with van der Waals surface area (Å²) in [6.07, 6.45) is -5.82. The Labute approximate surface area is 103 Å². The van der Waals surface area contributed by atoms with Crippen LogP contribution in [0.4, 0.5) is 4.79 Å². The molecule has 1 unspecified atom stereocenters. The Bertz CT molecular complexity index is 447. The zero-order valence-corrected chi connectivity index (χ0v) is 9.30. The summed E-state index contributed by atoms with van der Waals surface area (Å²) in [6, 6.07) is 8.99. The highest BCUT2D eigenvalue weighted by molar-refractivity contribution is 5.62. The van der Waals surface area contributed by atoms with Crippen LogP contribution in [0.3, 0.4) is 0 Å². The number of fused-ring (bicyclic) bond motifs is 1. The molecule has 0 spiro atoms. The molecule has 2 saturated heterocycles. The van der Waals surface area contributed by atoms with E-state index >= 15 is 0 Å². The zero-order chi connectivity index (χ0) is 12.7. The van der Waals surface area contributed by atoms with Gasteiger partial charge in [-0.15, -0.1) is 0 Å². The Morgan fingerprint density at radius 3 is 2.44 bits per heavy atom. The van der Waals surface area contributed by atoms with E-state index in [1.165, 1.54) is 0 Å². The molecule has 2 aliphatic heterocycles. The average Bonchev–Trinajstić information content (AvgIpc) is 2.66. The summed E-state index contributed by atoms with van der Waals surface area (Å²) in [5, 5.41) is 19.1. The van der Waals surface area contributed by atoms with Gasteiger partial charge in [0.05, 0.1) is 0 Å². The summed E-state index contributed by atoms with van der Waals surface area (Å²) >= 11 is 0. The fourth-order valence-corrected chi connectivity index (χ4v) is 2.27. The van der Waals surface area contributed by atoms with Crippen molar-refractivity contribution in [1.82, 2.24) is 0 Å². The molecular formula is C12H12O6. The molecule has 18 heavy (non-hydrogen) atoms. The number of carbonyl (C=O) groups excluding carboxylic acids is 1. The van der Waals surface area contributed by atoms with Crippen LogP contribution in [0.2, 0.25) is 0 Å². The fraction of sp³-hybridized carbons (Fsp3) is 0.417. The normalized spacial score (nSPS) is 38.8. The van der Waals surface area contributed by atoms with Crippen LogP contribution >= 0.6 is 0 Å². The second-order valence-corrected chi connectivity index (χ2v) is 4.26. The molecule has 2 fully saturated rings. The van der Waals surface area contributed by atoms with E-state index in [-0.39, 0.29) is 0 Å². The van der Waals surface area contributed by atoms with E-state index in [9.17, 15) is 15.0 Å². The van der Waals surface area contributed by atoms with Gasteiger partial charge in [-0.3, -0.25) is 0 Å². The van der Waals surface area contributed by atoms with Crippen LogP contribution in [0.25, 0.3) is 0 Å². The van der Waals surface area contributed by atoms with Crippen LogP contribution in [-0.2, 0) is 14.2 Å². The van der Waals surface area contributed by atoms with Crippen molar-refractivity contribution >= 4 is 6.16 Å². The van der Waals surface area contributed by atoms with Gasteiger partial charge in [0.2, 0.25) is 0 Å². The Hall–Kier alpha value is -1.63. The number of rotatable bonds is 1. The maximum atomic E-state index is 11.3. The number of benzene rings is 1. The Kier molecular flexibility index (Phi) is 2.70. The van der Waals surface area contributed by atoms with Gasteiger partial charge in [-0.2, -0.15) is 0 Å². The van der Waals surface area contributed by atoms with Gasteiger partial charge >= 0.3 is 6.16 Å². The summed E-state index contributed by atoms with van der Waals surface area (Å²) in [5.41, 5.74) is 0.727. The van der Waals surface area contributed by atoms with E-state index in [1.54, 1.807) is 24.3 Å². The molecule has 0 saturated carbocycles. The van der Waals surface area contributed by atoms with Crippen molar-refractivity contribution in [2.75, 3.05) is 0 Å². The van der Waals surface area contributed by atoms with Crippen LogP contribution in [0, 0.1) is 0 Å². The number of carbonyl (C=O) groups is 1. The minimum atomic E-state index is -1.37. The second kappa shape index (κ2) is 4.24. The predicted octanol–water partition coefficient (Wildman–Crippen LogP) is 0.341. The number of ether oxygens (including phenoxy) is 3. The highest BCUT2D eigenvalue weighted by atomic mass is 16.8. The topological polar surface area (TPSA) is 85.2 Å². The number of hydrogen-bond donors (Lipinski definition) is 2. The first-order chi connectivity index (χ1) is 8.66. The molecule has 1 aromatic carbocycles. The van der Waals surface area contributed by atoms with E-state index in [0.717, 1.165) is 5.56 Å². The van der Waals surface area contributed by atoms with Gasteiger partial charge in [-0.1, -0.05) is 30.3 Å². The summed E-state index contributed by atoms with van der Waals surface area (Å²) < 4.78 is 15.1. The van der Waals surface area contributed by atoms with Crippen molar-refractivity contribution in [3.63, 3.8) is 0 Å². The maximum Gasteiger partial charge on any atom is 0.509 e. The molecule has 0 radical (unpaired) electrons. The van der Waals surface area contributed by atoms with Crippen LogP contribution in [0.5, 0.6) is 0 Å². The molecule has 0 amide bonds. The van der Waals surface area contributed by atoms with Crippen molar-refractivity contribution in [2.45, 2.75) is 30.7 Å². The largest absolute Gasteiger partial charge is 0.509 e. The lowest BCUT2D eigenvalue weighted by Crippen LogP contribution is -2.45. The zero-order valence-electron chi connectivity index (χ0n) is 9.30. The molecule has 0 aromatic heterocycles. The van der Waals surface area contributed by atoms with Gasteiger partial charge in [0.1, 0.15) is 12.2 Å². The van der Waals surface area contributed by atoms with Crippen molar-refractivity contribution in [3.8, 4) is 0 Å². The van der Waals surface area contributed by atoms with Gasteiger partial charge in [0, 0.05) is 0 Å². The molecule has 3 rings (SSSR count). The third kappa shape index (κ3) is 1.74. The molecule has 5 atom stereocenters. The van der Waals surface area contributed by atoms with Crippen molar-refractivity contribution < 1.29 is 29.2 Å². The molecule has 1 aromatic rings. The van der Waals surface area contributed by atoms with E-state index in [0.29, 0.717) is 0 Å². The van der Waals surface area contributed by atoms with Crippen LogP contribution in [0.1, 0.15) is 11.7 Å². The first-order valence-electron chi connectivity index (χ1n) is 5.60. The molecule has 0 aliphatic carbocycles. The Morgan fingerprint density at radius 2 is 1.72 bits per heavy atom. The number of aliphatic hydroxyl groups is 2. The first-order valence-corrected chi connectivity index (χ1v) is 5.60. The lowest BCUT2D eigenvalue weighted by Gasteiger charge is -2.32. The number of hydrogen-bond acceptors (Lipinski definition) is 6. The lowest BCUT2D eigenvalue weighted by atomic mass is 9.98. The Morgan fingerprint density at radius 1 is 1.00 bits per heavy atom. The van der Waals surface area contributed by atoms with Crippen LogP contribution in [0.15, 0.2) is 30.3 Å². The standard InChI is InChI=1S/C12H12O6/c13-7-9-10(16-11(7)14)8(17-12(15)18-9)6-4-2-1-3-5-6/h1-5,7-11,13-14H/t7-,8-,9-,10-,11?/m1/s1. The predicted molar refractivity (Wildman–Crippen MR) is 57.4 cm³/mol. The van der Waals surface area contributed by atoms with Crippen molar-refractivity contribution in [2.24, 2.45) is 0 Å². The average molecular weight is 252 g/mol. The van der Waals surface area contributed by atoms with Gasteiger partial charge in [0.15, 0.2) is 18.5 Å². The number of aliphatic hydroxyl groups excluding tert-OH is 2. The molecule has 6 nitrogen and oxygen atoms in total. The van der Waals surface area contributed by atoms with E-state index in [1.807, 2.05) is 6.07 Å². The summed E-state index contributed by atoms with van der Waals surface area (Å²) in [6.45, 7) is 0. The first kappa shape index (κ1) is 11.5. The smallest absolute Gasteiger partial charge is 0.425 e. The van der Waals surface area contributed by atoms with Crippen LogP contribution < -0.4 is 0 Å². The quantitative estimate of drug-likeness (QED) is 0.701. The highest BCUT2D eigenvalue weighted by Gasteiger charge is 2.53. The molecule has 96 valence electrons. The third-order valence-corrected chi connectivity index (χ3v) is 3.13. The van der Waals surface area contributed by atoms with Gasteiger partial charge < -0.3 is 24.4 Å². The molecule has 2 N–H and O–H groups in total. The SMILES string of the molecule is O=C1O[C@H]2[C@H](OC(O)[C@@H]2O)[C@@H](c2ccccc2)O1. The van der Waals surface area contributed by atoms with Crippen molar-refractivity contribution in [3.05, 3.63) is 35.9 Å². The summed E-state index contributed by atoms with van der Waals surface area (Å²) in [4.78, 5) is 11.3. The van der Waals surface area contributed by atoms with E-state index in [2.05, 4.69) is 0 Å². The second-order valence-electron chi connectivity index (χ2n) is 4.26. The highest BCUT2D eigenvalue weighted by Crippen LogP contribution is 2.38. The van der Waals surface area contributed by atoms with Crippen LogP contribution in [-0.4, -0.2) is 41.0 Å². The van der Waals surface area contributed by atoms with Crippen molar-refractivity contribution in [1.29, 1.82) is 0 Å². The van der Waals surface area contributed by atoms with Gasteiger partial charge in [0.25, 0.3) is 0 Å². The molecule has 2 heterocycles. The van der Waals surface area contributed by atoms with E-state index in [4.69, 9.17) is 14.2 Å². The lowest BCUT2D eigenvalue weighted by molar-refractivity contribution is -0.162. The third-order valence-electron chi connectivity index (χ3n) is 3.13. The van der Waals surface area contributed by atoms with Gasteiger partial charge in [-0.25, -0.2) is 4.79 Å². The summed E-state index contributed by atoms with van der Waals surface area (Å²) in [7, 11) is 0. The Balaban J connectivity index is 1.92. The summed E-state index contributed by atoms with van der Waals surface area (Å²) in [5.74, 6) is 0. The molecule has 0 bridgehead atoms. The monoisotopic (exact) mass is 252 g/mol. The minimum absolute atomic E-state index is 0.691. The molecule has 6 heteroatoms. The maximum absolute atomic E-state index is 11.3. The van der Waals surface area contributed by atoms with E-state index < -0.39 is 36.9 Å². The van der Waals surface area contributed by atoms with Gasteiger partial charge in [-0.05, 0) is 5.56 Å². The number of cyclic esters (lactones) is 1.